The van der Waals surface area contributed by atoms with Gasteiger partial charge in [-0.1, -0.05) is 17.7 Å². The van der Waals surface area contributed by atoms with Crippen LogP contribution in [0.15, 0.2) is 42.5 Å². The number of hydrogen-bond acceptors (Lipinski definition) is 4. The summed E-state index contributed by atoms with van der Waals surface area (Å²) in [7, 11) is 0. The highest BCUT2D eigenvalue weighted by atomic mass is 35.5. The maximum atomic E-state index is 6.15. The van der Waals surface area contributed by atoms with Crippen LogP contribution in [0.4, 0.5) is 11.5 Å². The Labute approximate surface area is 163 Å². The van der Waals surface area contributed by atoms with Crippen LogP contribution in [0.1, 0.15) is 22.5 Å². The lowest BCUT2D eigenvalue weighted by molar-refractivity contribution is 0.808. The lowest BCUT2D eigenvalue weighted by Gasteiger charge is -2.14. The molecule has 0 amide bonds. The molecule has 0 spiro atoms. The van der Waals surface area contributed by atoms with E-state index >= 15 is 0 Å². The van der Waals surface area contributed by atoms with Gasteiger partial charge in [0.25, 0.3) is 0 Å². The van der Waals surface area contributed by atoms with Crippen LogP contribution in [-0.4, -0.2) is 19.7 Å². The van der Waals surface area contributed by atoms with E-state index in [1.54, 1.807) is 0 Å². The molecule has 136 valence electrons. The summed E-state index contributed by atoms with van der Waals surface area (Å²) in [6.07, 6.45) is 0. The molecule has 0 aliphatic heterocycles. The van der Waals surface area contributed by atoms with Gasteiger partial charge in [0.15, 0.2) is 11.6 Å². The van der Waals surface area contributed by atoms with Crippen molar-refractivity contribution in [1.29, 1.82) is 0 Å². The van der Waals surface area contributed by atoms with Crippen molar-refractivity contribution in [3.63, 3.8) is 0 Å². The van der Waals surface area contributed by atoms with Gasteiger partial charge in [0.05, 0.1) is 16.7 Å². The summed E-state index contributed by atoms with van der Waals surface area (Å²) in [6, 6.07) is 13.8. The van der Waals surface area contributed by atoms with Gasteiger partial charge in [-0.15, -0.1) is 0 Å². The molecule has 6 heteroatoms. The number of halogens is 1. The number of fused-ring (bicyclic) bond motifs is 1. The number of aromatic nitrogens is 4. The second-order valence-electron chi connectivity index (χ2n) is 6.79. The van der Waals surface area contributed by atoms with Crippen LogP contribution in [-0.2, 0) is 0 Å². The molecule has 0 unspecified atom stereocenters. The van der Waals surface area contributed by atoms with E-state index in [-0.39, 0.29) is 0 Å². The van der Waals surface area contributed by atoms with Gasteiger partial charge in [0.1, 0.15) is 0 Å². The summed E-state index contributed by atoms with van der Waals surface area (Å²) in [5, 5.41) is 8.63. The predicted octanol–water partition coefficient (Wildman–Crippen LogP) is 5.45. The quantitative estimate of drug-likeness (QED) is 0.516. The van der Waals surface area contributed by atoms with Crippen molar-refractivity contribution in [2.45, 2.75) is 27.7 Å². The summed E-state index contributed by atoms with van der Waals surface area (Å²) in [6.45, 7) is 8.16. The first-order valence-electron chi connectivity index (χ1n) is 8.76. The fourth-order valence-electron chi connectivity index (χ4n) is 3.05. The molecule has 27 heavy (non-hydrogen) atoms. The molecule has 0 fully saturated rings. The van der Waals surface area contributed by atoms with Crippen molar-refractivity contribution in [3.05, 3.63) is 70.0 Å². The van der Waals surface area contributed by atoms with Crippen molar-refractivity contribution < 1.29 is 0 Å². The molecule has 4 rings (SSSR count). The molecule has 4 aromatic rings. The molecule has 1 N–H and O–H groups in total. The first-order chi connectivity index (χ1) is 12.9. The highest BCUT2D eigenvalue weighted by Gasteiger charge is 2.15. The molecule has 0 aliphatic carbocycles. The Hall–Kier alpha value is -2.92. The average molecular weight is 378 g/mol. The van der Waals surface area contributed by atoms with Crippen molar-refractivity contribution in [1.82, 2.24) is 19.7 Å². The maximum Gasteiger partial charge on any atom is 0.197 e. The Kier molecular flexibility index (Phi) is 4.32. The Morgan fingerprint density at radius 2 is 1.67 bits per heavy atom. The van der Waals surface area contributed by atoms with Crippen molar-refractivity contribution in [2.75, 3.05) is 5.32 Å². The zero-order valence-electron chi connectivity index (χ0n) is 15.7. The van der Waals surface area contributed by atoms with E-state index < -0.39 is 0 Å². The summed E-state index contributed by atoms with van der Waals surface area (Å²) in [5.41, 5.74) is 6.85. The van der Waals surface area contributed by atoms with Crippen LogP contribution >= 0.6 is 11.6 Å². The highest BCUT2D eigenvalue weighted by Crippen LogP contribution is 2.27. The molecule has 0 bridgehead atoms. The topological polar surface area (TPSA) is 55.6 Å². The maximum absolute atomic E-state index is 6.15. The van der Waals surface area contributed by atoms with E-state index in [2.05, 4.69) is 36.4 Å². The molecule has 0 saturated carbocycles. The third kappa shape index (κ3) is 3.38. The minimum absolute atomic E-state index is 0.631. The number of aryl methyl sites for hydroxylation is 4. The fraction of sp³-hybridized carbons (Fsp3) is 0.190. The Morgan fingerprint density at radius 3 is 2.37 bits per heavy atom. The normalized spacial score (nSPS) is 11.1. The molecular formula is C21H20ClN5. The van der Waals surface area contributed by atoms with Gasteiger partial charge >= 0.3 is 0 Å². The summed E-state index contributed by atoms with van der Waals surface area (Å²) < 4.78 is 1.81. The second-order valence-corrected chi connectivity index (χ2v) is 7.23. The Bertz CT molecular complexity index is 1160. The van der Waals surface area contributed by atoms with Crippen molar-refractivity contribution in [3.8, 4) is 5.82 Å². The lowest BCUT2D eigenvalue weighted by Crippen LogP contribution is -2.09. The largest absolute Gasteiger partial charge is 0.337 e. The van der Waals surface area contributed by atoms with Crippen LogP contribution in [0.2, 0.25) is 5.02 Å². The van der Waals surface area contributed by atoms with Gasteiger partial charge in [-0.3, -0.25) is 0 Å². The van der Waals surface area contributed by atoms with Crippen molar-refractivity contribution >= 4 is 34.1 Å². The summed E-state index contributed by atoms with van der Waals surface area (Å²) in [4.78, 5) is 9.60. The summed E-state index contributed by atoms with van der Waals surface area (Å²) >= 11 is 6.15. The molecule has 0 saturated heterocycles. The van der Waals surface area contributed by atoms with E-state index in [0.717, 1.165) is 28.1 Å². The number of hydrogen-bond donors (Lipinski definition) is 1. The third-order valence-electron chi connectivity index (χ3n) is 4.59. The number of anilines is 2. The van der Waals surface area contributed by atoms with Crippen LogP contribution in [0.25, 0.3) is 16.9 Å². The van der Waals surface area contributed by atoms with Gasteiger partial charge in [0, 0.05) is 16.4 Å². The molecule has 2 aromatic heterocycles. The molecule has 2 aromatic carbocycles. The van der Waals surface area contributed by atoms with Gasteiger partial charge < -0.3 is 5.32 Å². The molecule has 0 radical (unpaired) electrons. The van der Waals surface area contributed by atoms with E-state index in [1.807, 2.05) is 48.9 Å². The standard InChI is InChI=1S/C21H20ClN5/c1-12-5-7-17(9-13(12)2)23-20-21(27-15(4)10-14(3)26-27)25-19-11-16(22)6-8-18(19)24-20/h5-11H,1-4H3,(H,23,24). The number of rotatable bonds is 3. The zero-order chi connectivity index (χ0) is 19.1. The second kappa shape index (κ2) is 6.67. The lowest BCUT2D eigenvalue weighted by atomic mass is 10.1. The van der Waals surface area contributed by atoms with Gasteiger partial charge in [-0.2, -0.15) is 5.10 Å². The molecular weight excluding hydrogens is 358 g/mol. The SMILES string of the molecule is Cc1cc(C)n(-c2nc3cc(Cl)ccc3nc2Nc2ccc(C)c(C)c2)n1. The third-order valence-corrected chi connectivity index (χ3v) is 4.82. The number of nitrogens with one attached hydrogen (secondary N) is 1. The van der Waals surface area contributed by atoms with Crippen molar-refractivity contribution in [2.24, 2.45) is 0 Å². The predicted molar refractivity (Wildman–Crippen MR) is 110 cm³/mol. The van der Waals surface area contributed by atoms with Crippen LogP contribution in [0, 0.1) is 27.7 Å². The van der Waals surface area contributed by atoms with Crippen LogP contribution < -0.4 is 5.32 Å². The molecule has 5 nitrogen and oxygen atoms in total. The average Bonchev–Trinajstić information content (AvgIpc) is 2.96. The monoisotopic (exact) mass is 377 g/mol. The van der Waals surface area contributed by atoms with E-state index in [9.17, 15) is 0 Å². The summed E-state index contributed by atoms with van der Waals surface area (Å²) in [5.74, 6) is 1.30. The molecule has 0 aliphatic rings. The van der Waals surface area contributed by atoms with Gasteiger partial charge in [0.2, 0.25) is 0 Å². The first kappa shape index (κ1) is 17.5. The highest BCUT2D eigenvalue weighted by molar-refractivity contribution is 6.31. The van der Waals surface area contributed by atoms with E-state index in [1.165, 1.54) is 11.1 Å². The minimum atomic E-state index is 0.631. The van der Waals surface area contributed by atoms with E-state index in [0.29, 0.717) is 16.7 Å². The molecule has 2 heterocycles. The smallest absolute Gasteiger partial charge is 0.197 e. The van der Waals surface area contributed by atoms with Crippen LogP contribution in [0.3, 0.4) is 0 Å². The zero-order valence-corrected chi connectivity index (χ0v) is 16.5. The number of nitrogens with zero attached hydrogens (tertiary/aromatic N) is 4. The Balaban J connectivity index is 1.91. The van der Waals surface area contributed by atoms with E-state index in [4.69, 9.17) is 21.6 Å². The van der Waals surface area contributed by atoms with Gasteiger partial charge in [-0.25, -0.2) is 14.6 Å². The minimum Gasteiger partial charge on any atom is -0.337 e. The first-order valence-corrected chi connectivity index (χ1v) is 9.14. The van der Waals surface area contributed by atoms with Gasteiger partial charge in [-0.05, 0) is 75.2 Å². The number of benzene rings is 2. The Morgan fingerprint density at radius 1 is 0.852 bits per heavy atom. The van der Waals surface area contributed by atoms with Crippen LogP contribution in [0.5, 0.6) is 0 Å². The fourth-order valence-corrected chi connectivity index (χ4v) is 3.22. The molecule has 0 atom stereocenters.